The summed E-state index contributed by atoms with van der Waals surface area (Å²) < 4.78 is 5.13. The minimum Gasteiger partial charge on any atom is -0.508 e. The highest BCUT2D eigenvalue weighted by Crippen LogP contribution is 2.44. The Kier molecular flexibility index (Phi) is 4.75. The fraction of sp³-hybridized carbons (Fsp3) is 0.238. The van der Waals surface area contributed by atoms with Crippen LogP contribution in [0.3, 0.4) is 0 Å². The van der Waals surface area contributed by atoms with Gasteiger partial charge < -0.3 is 19.8 Å². The largest absolute Gasteiger partial charge is 0.508 e. The molecule has 144 valence electrons. The number of phenolic OH excluding ortho intramolecular Hbond substituents is 2. The smallest absolute Gasteiger partial charge is 0.273 e. The summed E-state index contributed by atoms with van der Waals surface area (Å²) in [5.41, 5.74) is 2.97. The fourth-order valence-corrected chi connectivity index (χ4v) is 3.73. The summed E-state index contributed by atoms with van der Waals surface area (Å²) in [6.07, 6.45) is 0.682. The number of phenols is 2. The van der Waals surface area contributed by atoms with Gasteiger partial charge in [0.1, 0.15) is 22.9 Å². The van der Waals surface area contributed by atoms with E-state index >= 15 is 0 Å². The molecule has 1 aliphatic heterocycles. The van der Waals surface area contributed by atoms with Crippen molar-refractivity contribution >= 4 is 5.91 Å². The van der Waals surface area contributed by atoms with E-state index in [1.807, 2.05) is 12.1 Å². The predicted molar refractivity (Wildman–Crippen MR) is 103 cm³/mol. The van der Waals surface area contributed by atoms with Crippen LogP contribution >= 0.6 is 0 Å². The molecule has 3 N–H and O–H groups in total. The summed E-state index contributed by atoms with van der Waals surface area (Å²) in [7, 11) is 1.63. The Labute approximate surface area is 162 Å². The number of rotatable bonds is 6. The van der Waals surface area contributed by atoms with Crippen LogP contribution in [0.2, 0.25) is 0 Å². The van der Waals surface area contributed by atoms with Crippen molar-refractivity contribution in [2.75, 3.05) is 20.3 Å². The molecule has 0 saturated carbocycles. The molecule has 1 atom stereocenters. The number of para-hydroxylation sites is 1. The maximum absolute atomic E-state index is 13.1. The number of benzene rings is 2. The number of aromatic amines is 1. The van der Waals surface area contributed by atoms with Gasteiger partial charge in [0.2, 0.25) is 0 Å². The first-order valence-corrected chi connectivity index (χ1v) is 9.07. The standard InChI is InChI=1S/C21H21N3O4/c1-28-11-5-10-24-20(13-6-4-7-14(25)12-13)17-18(22-23-19(17)21(24)27)15-8-2-3-9-16(15)26/h2-4,6-9,12,20,25-26H,5,10-11H2,1H3,(H,22,23)/t20-/m0/s1. The number of ether oxygens (including phenoxy) is 1. The third kappa shape index (κ3) is 2.99. The van der Waals surface area contributed by atoms with Crippen molar-refractivity contribution in [2.24, 2.45) is 0 Å². The predicted octanol–water partition coefficient (Wildman–Crippen LogP) is 3.07. The molecule has 1 aromatic heterocycles. The van der Waals surface area contributed by atoms with E-state index in [-0.39, 0.29) is 17.4 Å². The average molecular weight is 379 g/mol. The van der Waals surface area contributed by atoms with Crippen LogP contribution in [-0.4, -0.2) is 51.5 Å². The van der Waals surface area contributed by atoms with Crippen LogP contribution in [-0.2, 0) is 4.74 Å². The third-order valence-corrected chi connectivity index (χ3v) is 4.96. The Hall–Kier alpha value is -3.32. The van der Waals surface area contributed by atoms with Gasteiger partial charge in [-0.3, -0.25) is 9.89 Å². The number of hydrogen-bond acceptors (Lipinski definition) is 5. The molecule has 0 radical (unpaired) electrons. The molecule has 1 amide bonds. The normalized spacial score (nSPS) is 15.8. The molecule has 2 aromatic carbocycles. The molecule has 4 rings (SSSR count). The first kappa shape index (κ1) is 18.1. The van der Waals surface area contributed by atoms with Crippen molar-refractivity contribution in [1.82, 2.24) is 15.1 Å². The number of fused-ring (bicyclic) bond motifs is 1. The van der Waals surface area contributed by atoms with E-state index in [0.29, 0.717) is 42.1 Å². The average Bonchev–Trinajstić information content (AvgIpc) is 3.22. The van der Waals surface area contributed by atoms with Gasteiger partial charge in [0.15, 0.2) is 0 Å². The van der Waals surface area contributed by atoms with Gasteiger partial charge in [0.05, 0.1) is 6.04 Å². The minimum absolute atomic E-state index is 0.0942. The monoisotopic (exact) mass is 379 g/mol. The number of nitrogens with zero attached hydrogens (tertiary/aromatic N) is 2. The number of H-pyrrole nitrogens is 1. The quantitative estimate of drug-likeness (QED) is 0.572. The first-order chi connectivity index (χ1) is 13.6. The van der Waals surface area contributed by atoms with Crippen LogP contribution < -0.4 is 0 Å². The zero-order valence-electron chi connectivity index (χ0n) is 15.4. The zero-order chi connectivity index (χ0) is 19.7. The molecule has 1 aliphatic rings. The first-order valence-electron chi connectivity index (χ1n) is 9.07. The molecule has 0 bridgehead atoms. The van der Waals surface area contributed by atoms with Crippen LogP contribution in [0.5, 0.6) is 11.5 Å². The van der Waals surface area contributed by atoms with E-state index in [2.05, 4.69) is 10.2 Å². The second-order valence-corrected chi connectivity index (χ2v) is 6.72. The summed E-state index contributed by atoms with van der Waals surface area (Å²) in [4.78, 5) is 14.8. The van der Waals surface area contributed by atoms with Crippen molar-refractivity contribution in [1.29, 1.82) is 0 Å². The van der Waals surface area contributed by atoms with Gasteiger partial charge in [0.25, 0.3) is 5.91 Å². The van der Waals surface area contributed by atoms with Gasteiger partial charge in [-0.25, -0.2) is 0 Å². The van der Waals surface area contributed by atoms with Gasteiger partial charge in [0, 0.05) is 31.4 Å². The number of nitrogens with one attached hydrogen (secondary N) is 1. The fourth-order valence-electron chi connectivity index (χ4n) is 3.73. The zero-order valence-corrected chi connectivity index (χ0v) is 15.4. The lowest BCUT2D eigenvalue weighted by molar-refractivity contribution is 0.0723. The summed E-state index contributed by atoms with van der Waals surface area (Å²) in [5.74, 6) is 0.0631. The van der Waals surface area contributed by atoms with E-state index in [1.54, 1.807) is 48.4 Å². The molecule has 0 spiro atoms. The Morgan fingerprint density at radius 1 is 1.18 bits per heavy atom. The lowest BCUT2D eigenvalue weighted by Crippen LogP contribution is -2.31. The van der Waals surface area contributed by atoms with Crippen LogP contribution in [0.15, 0.2) is 48.5 Å². The number of amides is 1. The van der Waals surface area contributed by atoms with Gasteiger partial charge in [-0.05, 0) is 36.2 Å². The van der Waals surface area contributed by atoms with E-state index in [1.165, 1.54) is 0 Å². The van der Waals surface area contributed by atoms with E-state index in [0.717, 1.165) is 5.56 Å². The number of carbonyl (C=O) groups is 1. The number of aromatic nitrogens is 2. The van der Waals surface area contributed by atoms with Gasteiger partial charge in [-0.15, -0.1) is 0 Å². The van der Waals surface area contributed by atoms with Crippen molar-refractivity contribution in [3.8, 4) is 22.8 Å². The number of methoxy groups -OCH3 is 1. The Bertz CT molecular complexity index is 1010. The second kappa shape index (κ2) is 7.36. The molecule has 0 fully saturated rings. The molecule has 2 heterocycles. The Morgan fingerprint density at radius 3 is 2.75 bits per heavy atom. The second-order valence-electron chi connectivity index (χ2n) is 6.72. The van der Waals surface area contributed by atoms with Gasteiger partial charge in [-0.1, -0.05) is 24.3 Å². The minimum atomic E-state index is -0.417. The molecular weight excluding hydrogens is 358 g/mol. The van der Waals surface area contributed by atoms with Gasteiger partial charge >= 0.3 is 0 Å². The topological polar surface area (TPSA) is 98.7 Å². The van der Waals surface area contributed by atoms with E-state index < -0.39 is 6.04 Å². The summed E-state index contributed by atoms with van der Waals surface area (Å²) >= 11 is 0. The maximum atomic E-state index is 13.1. The molecule has 0 unspecified atom stereocenters. The van der Waals surface area contributed by atoms with Crippen LogP contribution in [0, 0.1) is 0 Å². The van der Waals surface area contributed by atoms with Crippen LogP contribution in [0.25, 0.3) is 11.3 Å². The summed E-state index contributed by atoms with van der Waals surface area (Å²) in [6.45, 7) is 1.03. The lowest BCUT2D eigenvalue weighted by Gasteiger charge is -2.26. The lowest BCUT2D eigenvalue weighted by atomic mass is 9.95. The third-order valence-electron chi connectivity index (χ3n) is 4.96. The summed E-state index contributed by atoms with van der Waals surface area (Å²) in [5, 5.41) is 27.5. The number of hydrogen-bond donors (Lipinski definition) is 3. The molecule has 3 aromatic rings. The van der Waals surface area contributed by atoms with E-state index in [4.69, 9.17) is 4.74 Å². The number of aromatic hydroxyl groups is 2. The van der Waals surface area contributed by atoms with Crippen LogP contribution in [0.1, 0.15) is 34.1 Å². The van der Waals surface area contributed by atoms with Crippen molar-refractivity contribution < 1.29 is 19.7 Å². The van der Waals surface area contributed by atoms with Crippen LogP contribution in [0.4, 0.5) is 0 Å². The molecule has 7 nitrogen and oxygen atoms in total. The molecule has 7 heteroatoms. The molecule has 28 heavy (non-hydrogen) atoms. The Balaban J connectivity index is 1.85. The molecular formula is C21H21N3O4. The van der Waals surface area contributed by atoms with Crippen molar-refractivity contribution in [3.05, 3.63) is 65.4 Å². The Morgan fingerprint density at radius 2 is 2.00 bits per heavy atom. The number of carbonyl (C=O) groups excluding carboxylic acids is 1. The molecule has 0 saturated heterocycles. The van der Waals surface area contributed by atoms with Crippen molar-refractivity contribution in [2.45, 2.75) is 12.5 Å². The van der Waals surface area contributed by atoms with Crippen molar-refractivity contribution in [3.63, 3.8) is 0 Å². The SMILES string of the molecule is COCCCN1C(=O)c2[nH]nc(-c3ccccc3O)c2[C@@H]1c1cccc(O)c1. The molecule has 0 aliphatic carbocycles. The van der Waals surface area contributed by atoms with E-state index in [9.17, 15) is 15.0 Å². The summed E-state index contributed by atoms with van der Waals surface area (Å²) in [6, 6.07) is 13.4. The highest BCUT2D eigenvalue weighted by molar-refractivity contribution is 6.00. The van der Waals surface area contributed by atoms with Gasteiger partial charge in [-0.2, -0.15) is 5.10 Å². The highest BCUT2D eigenvalue weighted by atomic mass is 16.5. The highest BCUT2D eigenvalue weighted by Gasteiger charge is 2.42. The maximum Gasteiger partial charge on any atom is 0.273 e.